The third-order valence-electron chi connectivity index (χ3n) is 3.32. The second-order valence-corrected chi connectivity index (χ2v) is 4.68. The molecule has 0 aliphatic carbocycles. The van der Waals surface area contributed by atoms with Crippen molar-refractivity contribution in [2.45, 2.75) is 13.3 Å². The molecule has 1 heterocycles. The standard InChI is InChI=1S/C15H18FNO2/c1-11(18)13-4-3-5-14(16)15(13)17-8-6-12(7-9-17)10-19-2/h3-6H,7-10H2,1-2H3. The molecule has 0 unspecified atom stereocenters. The second kappa shape index (κ2) is 5.97. The molecule has 1 aromatic carbocycles. The van der Waals surface area contributed by atoms with Gasteiger partial charge in [-0.05, 0) is 31.1 Å². The number of anilines is 1. The summed E-state index contributed by atoms with van der Waals surface area (Å²) in [5.41, 5.74) is 2.09. The zero-order valence-corrected chi connectivity index (χ0v) is 11.3. The van der Waals surface area contributed by atoms with Crippen molar-refractivity contribution in [1.82, 2.24) is 0 Å². The van der Waals surface area contributed by atoms with Crippen LogP contribution in [-0.4, -0.2) is 32.6 Å². The molecule has 0 radical (unpaired) electrons. The van der Waals surface area contributed by atoms with E-state index in [9.17, 15) is 9.18 Å². The number of para-hydroxylation sites is 1. The van der Waals surface area contributed by atoms with Crippen LogP contribution in [0.1, 0.15) is 23.7 Å². The first-order valence-corrected chi connectivity index (χ1v) is 6.34. The Morgan fingerprint density at radius 1 is 1.47 bits per heavy atom. The van der Waals surface area contributed by atoms with Crippen molar-refractivity contribution in [3.05, 3.63) is 41.2 Å². The molecule has 0 saturated carbocycles. The number of benzene rings is 1. The van der Waals surface area contributed by atoms with E-state index in [1.807, 2.05) is 11.0 Å². The van der Waals surface area contributed by atoms with E-state index in [1.165, 1.54) is 18.6 Å². The van der Waals surface area contributed by atoms with Crippen LogP contribution in [0.15, 0.2) is 29.8 Å². The smallest absolute Gasteiger partial charge is 0.161 e. The van der Waals surface area contributed by atoms with Gasteiger partial charge in [0.1, 0.15) is 5.82 Å². The zero-order valence-electron chi connectivity index (χ0n) is 11.3. The predicted molar refractivity (Wildman–Crippen MR) is 73.2 cm³/mol. The van der Waals surface area contributed by atoms with E-state index in [0.29, 0.717) is 30.9 Å². The van der Waals surface area contributed by atoms with Gasteiger partial charge in [0.2, 0.25) is 0 Å². The van der Waals surface area contributed by atoms with E-state index in [2.05, 4.69) is 0 Å². The number of carbonyl (C=O) groups is 1. The lowest BCUT2D eigenvalue weighted by molar-refractivity contribution is 0.101. The lowest BCUT2D eigenvalue weighted by atomic mass is 10.0. The number of ketones is 1. The van der Waals surface area contributed by atoms with Crippen LogP contribution in [0.3, 0.4) is 0 Å². The maximum Gasteiger partial charge on any atom is 0.161 e. The summed E-state index contributed by atoms with van der Waals surface area (Å²) in [7, 11) is 1.66. The lowest BCUT2D eigenvalue weighted by Gasteiger charge is -2.30. The van der Waals surface area contributed by atoms with Crippen LogP contribution in [0.5, 0.6) is 0 Å². The number of methoxy groups -OCH3 is 1. The van der Waals surface area contributed by atoms with Gasteiger partial charge in [-0.15, -0.1) is 0 Å². The van der Waals surface area contributed by atoms with Crippen molar-refractivity contribution in [2.75, 3.05) is 31.7 Å². The number of ether oxygens (including phenoxy) is 1. The topological polar surface area (TPSA) is 29.5 Å². The van der Waals surface area contributed by atoms with Crippen LogP contribution in [0, 0.1) is 5.82 Å². The summed E-state index contributed by atoms with van der Waals surface area (Å²) in [6.45, 7) is 3.40. The molecule has 19 heavy (non-hydrogen) atoms. The summed E-state index contributed by atoms with van der Waals surface area (Å²) in [5.74, 6) is -0.447. The molecule has 0 atom stereocenters. The highest BCUT2D eigenvalue weighted by molar-refractivity contribution is 5.99. The van der Waals surface area contributed by atoms with Crippen LogP contribution in [0.4, 0.5) is 10.1 Å². The summed E-state index contributed by atoms with van der Waals surface area (Å²) in [4.78, 5) is 13.5. The number of hydrogen-bond acceptors (Lipinski definition) is 3. The molecule has 3 nitrogen and oxygen atoms in total. The number of halogens is 1. The van der Waals surface area contributed by atoms with E-state index in [4.69, 9.17) is 4.74 Å². The minimum absolute atomic E-state index is 0.110. The highest BCUT2D eigenvalue weighted by Gasteiger charge is 2.20. The minimum Gasteiger partial charge on any atom is -0.380 e. The number of hydrogen-bond donors (Lipinski definition) is 0. The minimum atomic E-state index is -0.337. The monoisotopic (exact) mass is 263 g/mol. The molecule has 0 amide bonds. The number of Topliss-reactive ketones (excluding diaryl/α,β-unsaturated/α-hetero) is 1. The van der Waals surface area contributed by atoms with E-state index in [-0.39, 0.29) is 11.6 Å². The maximum absolute atomic E-state index is 14.0. The van der Waals surface area contributed by atoms with Gasteiger partial charge in [0.25, 0.3) is 0 Å². The molecular weight excluding hydrogens is 245 g/mol. The van der Waals surface area contributed by atoms with Gasteiger partial charge in [-0.1, -0.05) is 12.1 Å². The van der Waals surface area contributed by atoms with Crippen molar-refractivity contribution in [1.29, 1.82) is 0 Å². The number of carbonyl (C=O) groups excluding carboxylic acids is 1. The van der Waals surface area contributed by atoms with Gasteiger partial charge >= 0.3 is 0 Å². The Balaban J connectivity index is 2.26. The van der Waals surface area contributed by atoms with Crippen molar-refractivity contribution >= 4 is 11.5 Å². The lowest BCUT2D eigenvalue weighted by Crippen LogP contribution is -2.31. The largest absolute Gasteiger partial charge is 0.380 e. The number of rotatable bonds is 4. The normalized spacial score (nSPS) is 15.3. The fourth-order valence-corrected chi connectivity index (χ4v) is 2.35. The third kappa shape index (κ3) is 3.01. The van der Waals surface area contributed by atoms with Crippen LogP contribution < -0.4 is 4.90 Å². The predicted octanol–water partition coefficient (Wildman–Crippen LogP) is 2.81. The first-order valence-electron chi connectivity index (χ1n) is 6.34. The van der Waals surface area contributed by atoms with Crippen LogP contribution in [0.25, 0.3) is 0 Å². The van der Waals surface area contributed by atoms with Crippen molar-refractivity contribution in [3.8, 4) is 0 Å². The molecule has 1 aliphatic rings. The van der Waals surface area contributed by atoms with E-state index >= 15 is 0 Å². The van der Waals surface area contributed by atoms with Gasteiger partial charge < -0.3 is 9.64 Å². The fourth-order valence-electron chi connectivity index (χ4n) is 2.35. The molecule has 0 N–H and O–H groups in total. The van der Waals surface area contributed by atoms with E-state index < -0.39 is 0 Å². The van der Waals surface area contributed by atoms with Gasteiger partial charge in [0.05, 0.1) is 12.3 Å². The Kier molecular flexibility index (Phi) is 4.32. The summed E-state index contributed by atoms with van der Waals surface area (Å²) >= 11 is 0. The molecule has 0 spiro atoms. The Morgan fingerprint density at radius 2 is 2.26 bits per heavy atom. The molecule has 0 bridgehead atoms. The SMILES string of the molecule is COCC1=CCN(c2c(F)cccc2C(C)=O)CC1. The van der Waals surface area contributed by atoms with Gasteiger partial charge in [0, 0.05) is 25.8 Å². The molecule has 0 aromatic heterocycles. The van der Waals surface area contributed by atoms with Crippen LogP contribution >= 0.6 is 0 Å². The Morgan fingerprint density at radius 3 is 2.84 bits per heavy atom. The number of nitrogens with zero attached hydrogens (tertiary/aromatic N) is 1. The summed E-state index contributed by atoms with van der Waals surface area (Å²) in [6.07, 6.45) is 2.88. The highest BCUT2D eigenvalue weighted by Crippen LogP contribution is 2.27. The van der Waals surface area contributed by atoms with Gasteiger partial charge in [-0.3, -0.25) is 4.79 Å². The van der Waals surface area contributed by atoms with Gasteiger partial charge in [-0.2, -0.15) is 0 Å². The first kappa shape index (κ1) is 13.7. The molecule has 4 heteroatoms. The molecule has 0 fully saturated rings. The molecule has 1 aromatic rings. The second-order valence-electron chi connectivity index (χ2n) is 4.68. The summed E-state index contributed by atoms with van der Waals surface area (Å²) < 4.78 is 19.1. The summed E-state index contributed by atoms with van der Waals surface area (Å²) in [5, 5.41) is 0. The highest BCUT2D eigenvalue weighted by atomic mass is 19.1. The third-order valence-corrected chi connectivity index (χ3v) is 3.32. The van der Waals surface area contributed by atoms with Crippen LogP contribution in [0.2, 0.25) is 0 Å². The average molecular weight is 263 g/mol. The van der Waals surface area contributed by atoms with Crippen molar-refractivity contribution < 1.29 is 13.9 Å². The maximum atomic E-state index is 14.0. The first-order chi connectivity index (χ1) is 9.13. The zero-order chi connectivity index (χ0) is 13.8. The fraction of sp³-hybridized carbons (Fsp3) is 0.400. The molecule has 1 aliphatic heterocycles. The van der Waals surface area contributed by atoms with E-state index in [0.717, 1.165) is 6.42 Å². The van der Waals surface area contributed by atoms with E-state index in [1.54, 1.807) is 19.2 Å². The van der Waals surface area contributed by atoms with Gasteiger partial charge in [-0.25, -0.2) is 4.39 Å². The molecule has 0 saturated heterocycles. The Hall–Kier alpha value is -1.68. The molecule has 102 valence electrons. The summed E-state index contributed by atoms with van der Waals surface area (Å²) in [6, 6.07) is 4.65. The molecule has 2 rings (SSSR count). The van der Waals surface area contributed by atoms with Crippen molar-refractivity contribution in [3.63, 3.8) is 0 Å². The Bertz CT molecular complexity index is 511. The van der Waals surface area contributed by atoms with Gasteiger partial charge in [0.15, 0.2) is 5.78 Å². The average Bonchev–Trinajstić information content (AvgIpc) is 2.40. The van der Waals surface area contributed by atoms with Crippen molar-refractivity contribution in [2.24, 2.45) is 0 Å². The quantitative estimate of drug-likeness (QED) is 0.618. The Labute approximate surface area is 112 Å². The van der Waals surface area contributed by atoms with Crippen LogP contribution in [-0.2, 0) is 4.74 Å². The molecular formula is C15H18FNO2.